The summed E-state index contributed by atoms with van der Waals surface area (Å²) in [6.07, 6.45) is 1.75. The van der Waals surface area contributed by atoms with Crippen LogP contribution in [0.1, 0.15) is 36.9 Å². The van der Waals surface area contributed by atoms with E-state index in [0.29, 0.717) is 30.5 Å². The van der Waals surface area contributed by atoms with Crippen LogP contribution in [0.2, 0.25) is 0 Å². The molecule has 1 saturated heterocycles. The zero-order valence-corrected chi connectivity index (χ0v) is 16.3. The molecule has 0 radical (unpaired) electrons. The van der Waals surface area contributed by atoms with Gasteiger partial charge < -0.3 is 4.74 Å². The lowest BCUT2D eigenvalue weighted by Gasteiger charge is -2.17. The third-order valence-electron chi connectivity index (χ3n) is 5.04. The molecule has 0 N–H and O–H groups in total. The van der Waals surface area contributed by atoms with Gasteiger partial charge in [-0.15, -0.1) is 0 Å². The summed E-state index contributed by atoms with van der Waals surface area (Å²) in [6, 6.07) is 13.0. The summed E-state index contributed by atoms with van der Waals surface area (Å²) in [5.74, 6) is 0.513. The van der Waals surface area contributed by atoms with Crippen LogP contribution < -0.4 is 0 Å². The van der Waals surface area contributed by atoms with E-state index in [0.717, 1.165) is 11.3 Å². The molecule has 5 nitrogen and oxygen atoms in total. The molecular weight excluding hydrogens is 348 g/mol. The summed E-state index contributed by atoms with van der Waals surface area (Å²) in [7, 11) is -1.87. The Bertz CT molecular complexity index is 820. The van der Waals surface area contributed by atoms with Gasteiger partial charge in [0.05, 0.1) is 11.5 Å². The maximum Gasteiger partial charge on any atom is 0.243 e. The molecule has 0 bridgehead atoms. The topological polar surface area (TPSA) is 59.5 Å². The number of hydrogen-bond acceptors (Lipinski definition) is 4. The molecule has 0 aliphatic carbocycles. The summed E-state index contributed by atoms with van der Waals surface area (Å²) in [4.78, 5) is 4.78. The SMILES string of the molecule is COCC1CN(S(=O)(=O)c2ccc(C(C)C)cc2)CC1c1ccccn1. The largest absolute Gasteiger partial charge is 0.384 e. The fourth-order valence-corrected chi connectivity index (χ4v) is 5.04. The van der Waals surface area contributed by atoms with Gasteiger partial charge in [-0.25, -0.2) is 8.42 Å². The number of hydrogen-bond donors (Lipinski definition) is 0. The zero-order chi connectivity index (χ0) is 18.7. The van der Waals surface area contributed by atoms with E-state index in [1.807, 2.05) is 30.3 Å². The maximum atomic E-state index is 13.1. The first-order chi connectivity index (χ1) is 12.4. The van der Waals surface area contributed by atoms with Crippen molar-refractivity contribution in [3.8, 4) is 0 Å². The van der Waals surface area contributed by atoms with Gasteiger partial charge in [0, 0.05) is 43.9 Å². The van der Waals surface area contributed by atoms with Gasteiger partial charge in [-0.05, 0) is 35.7 Å². The Labute approximate surface area is 156 Å². The molecule has 2 unspecified atom stereocenters. The van der Waals surface area contributed by atoms with Crippen molar-refractivity contribution in [1.29, 1.82) is 0 Å². The van der Waals surface area contributed by atoms with Crippen molar-refractivity contribution in [2.24, 2.45) is 5.92 Å². The number of aromatic nitrogens is 1. The first kappa shape index (κ1) is 19.0. The third kappa shape index (κ3) is 3.82. The fourth-order valence-electron chi connectivity index (χ4n) is 3.52. The van der Waals surface area contributed by atoms with Gasteiger partial charge in [-0.3, -0.25) is 4.98 Å². The lowest BCUT2D eigenvalue weighted by Crippen LogP contribution is -2.29. The lowest BCUT2D eigenvalue weighted by molar-refractivity contribution is 0.150. The molecule has 1 aromatic carbocycles. The standard InChI is InChI=1S/C20H26N2O3S/c1-15(2)16-7-9-18(10-8-16)26(23,24)22-12-17(14-25-3)19(13-22)20-6-4-5-11-21-20/h4-11,15,17,19H,12-14H2,1-3H3. The Morgan fingerprint density at radius 2 is 1.88 bits per heavy atom. The summed E-state index contributed by atoms with van der Waals surface area (Å²) < 4.78 is 33.1. The highest BCUT2D eigenvalue weighted by Crippen LogP contribution is 2.35. The predicted molar refractivity (Wildman–Crippen MR) is 102 cm³/mol. The predicted octanol–water partition coefficient (Wildman–Crippen LogP) is 3.26. The number of ether oxygens (including phenoxy) is 1. The van der Waals surface area contributed by atoms with Crippen molar-refractivity contribution >= 4 is 10.0 Å². The van der Waals surface area contributed by atoms with Crippen molar-refractivity contribution < 1.29 is 13.2 Å². The van der Waals surface area contributed by atoms with Crippen molar-refractivity contribution in [3.63, 3.8) is 0 Å². The molecule has 1 aromatic heterocycles. The molecule has 140 valence electrons. The van der Waals surface area contributed by atoms with E-state index in [4.69, 9.17) is 4.74 Å². The molecule has 1 aliphatic rings. The normalized spacial score (nSPS) is 21.4. The number of nitrogens with zero attached hydrogens (tertiary/aromatic N) is 2. The van der Waals surface area contributed by atoms with Crippen LogP contribution in [0, 0.1) is 5.92 Å². The quantitative estimate of drug-likeness (QED) is 0.779. The highest BCUT2D eigenvalue weighted by Gasteiger charge is 2.40. The van der Waals surface area contributed by atoms with Crippen LogP contribution in [0.25, 0.3) is 0 Å². The lowest BCUT2D eigenvalue weighted by atomic mass is 9.93. The Morgan fingerprint density at radius 1 is 1.15 bits per heavy atom. The van der Waals surface area contributed by atoms with Gasteiger partial charge in [0.15, 0.2) is 0 Å². The zero-order valence-electron chi connectivity index (χ0n) is 15.5. The maximum absolute atomic E-state index is 13.1. The van der Waals surface area contributed by atoms with Crippen LogP contribution in [0.15, 0.2) is 53.6 Å². The molecule has 3 rings (SSSR count). The van der Waals surface area contributed by atoms with Crippen molar-refractivity contribution in [2.75, 3.05) is 26.8 Å². The summed E-state index contributed by atoms with van der Waals surface area (Å²) in [5, 5.41) is 0. The second kappa shape index (κ2) is 7.86. The first-order valence-electron chi connectivity index (χ1n) is 8.93. The Hall–Kier alpha value is -1.76. The second-order valence-electron chi connectivity index (χ2n) is 7.12. The minimum Gasteiger partial charge on any atom is -0.384 e. The molecule has 2 heterocycles. The van der Waals surface area contributed by atoms with Gasteiger partial charge in [0.2, 0.25) is 10.0 Å². The third-order valence-corrected chi connectivity index (χ3v) is 6.89. The van der Waals surface area contributed by atoms with Gasteiger partial charge in [0.25, 0.3) is 0 Å². The van der Waals surface area contributed by atoms with E-state index in [1.165, 1.54) is 0 Å². The van der Waals surface area contributed by atoms with E-state index >= 15 is 0 Å². The minimum absolute atomic E-state index is 0.0425. The number of sulfonamides is 1. The molecule has 1 fully saturated rings. The van der Waals surface area contributed by atoms with Crippen LogP contribution in [0.3, 0.4) is 0 Å². The molecule has 0 amide bonds. The molecule has 26 heavy (non-hydrogen) atoms. The number of methoxy groups -OCH3 is 1. The second-order valence-corrected chi connectivity index (χ2v) is 9.06. The molecule has 6 heteroatoms. The molecular formula is C20H26N2O3S. The smallest absolute Gasteiger partial charge is 0.243 e. The summed E-state index contributed by atoms with van der Waals surface area (Å²) in [5.41, 5.74) is 2.05. The molecule has 2 aromatic rings. The van der Waals surface area contributed by atoms with Crippen molar-refractivity contribution in [3.05, 3.63) is 59.9 Å². The highest BCUT2D eigenvalue weighted by atomic mass is 32.2. The monoisotopic (exact) mass is 374 g/mol. The average Bonchev–Trinajstić information content (AvgIpc) is 3.07. The van der Waals surface area contributed by atoms with Crippen LogP contribution >= 0.6 is 0 Å². The first-order valence-corrected chi connectivity index (χ1v) is 10.4. The average molecular weight is 375 g/mol. The molecule has 2 atom stereocenters. The Morgan fingerprint density at radius 3 is 2.46 bits per heavy atom. The van der Waals surface area contributed by atoms with Crippen molar-refractivity contribution in [1.82, 2.24) is 9.29 Å². The molecule has 0 saturated carbocycles. The van der Waals surface area contributed by atoms with E-state index < -0.39 is 10.0 Å². The van der Waals surface area contributed by atoms with Crippen LogP contribution in [0.4, 0.5) is 0 Å². The minimum atomic E-state index is -3.52. The number of rotatable bonds is 6. The highest BCUT2D eigenvalue weighted by molar-refractivity contribution is 7.89. The Balaban J connectivity index is 1.86. The Kier molecular flexibility index (Phi) is 5.75. The van der Waals surface area contributed by atoms with Gasteiger partial charge in [-0.1, -0.05) is 32.0 Å². The molecule has 1 aliphatic heterocycles. The van der Waals surface area contributed by atoms with E-state index in [1.54, 1.807) is 29.7 Å². The van der Waals surface area contributed by atoms with Crippen LogP contribution in [-0.4, -0.2) is 44.5 Å². The van der Waals surface area contributed by atoms with Crippen LogP contribution in [-0.2, 0) is 14.8 Å². The number of benzene rings is 1. The summed E-state index contributed by atoms with van der Waals surface area (Å²) in [6.45, 7) is 5.58. The van der Waals surface area contributed by atoms with Gasteiger partial charge in [0.1, 0.15) is 0 Å². The van der Waals surface area contributed by atoms with Gasteiger partial charge in [-0.2, -0.15) is 4.31 Å². The summed E-state index contributed by atoms with van der Waals surface area (Å²) >= 11 is 0. The number of pyridine rings is 1. The van der Waals surface area contributed by atoms with E-state index in [-0.39, 0.29) is 11.8 Å². The van der Waals surface area contributed by atoms with E-state index in [2.05, 4.69) is 18.8 Å². The fraction of sp³-hybridized carbons (Fsp3) is 0.450. The van der Waals surface area contributed by atoms with Crippen LogP contribution in [0.5, 0.6) is 0 Å². The molecule has 0 spiro atoms. The van der Waals surface area contributed by atoms with E-state index in [9.17, 15) is 8.42 Å². The van der Waals surface area contributed by atoms with Crippen molar-refractivity contribution in [2.45, 2.75) is 30.6 Å². The van der Waals surface area contributed by atoms with Gasteiger partial charge >= 0.3 is 0 Å².